The van der Waals surface area contributed by atoms with Gasteiger partial charge in [-0.05, 0) is 118 Å². The Morgan fingerprint density at radius 3 is 1.98 bits per heavy atom. The summed E-state index contributed by atoms with van der Waals surface area (Å²) in [5.74, 6) is 2.30. The van der Waals surface area contributed by atoms with Gasteiger partial charge >= 0.3 is 5.97 Å². The summed E-state index contributed by atoms with van der Waals surface area (Å²) in [4.78, 5) is 13.1. The third-order valence-electron chi connectivity index (χ3n) is 15.4. The third-order valence-corrected chi connectivity index (χ3v) is 15.4. The van der Waals surface area contributed by atoms with E-state index in [9.17, 15) is 4.79 Å². The van der Waals surface area contributed by atoms with Gasteiger partial charge in [-0.15, -0.1) is 0 Å². The zero-order chi connectivity index (χ0) is 35.0. The van der Waals surface area contributed by atoms with Crippen molar-refractivity contribution in [2.75, 3.05) is 0 Å². The van der Waals surface area contributed by atoms with Crippen LogP contribution in [0.2, 0.25) is 0 Å². The standard InChI is InChI=1S/C46H80O2/c1-10-11-12-13-14-15-16-17-18-19-20-21-22-26-42(47)48-41-31-32-44(7)38-30-34-45(8)37(36(4)25-23-24-35(2)3)29-33-46(45,9)39(38)27-28-40(44)43(41,5)6/h24,36-37,40-41H,10-23,25-34H2,1-9H3/t36-,37-,40+,41+,44-,45-,46+/m1/s1. The topological polar surface area (TPSA) is 26.3 Å². The monoisotopic (exact) mass is 665 g/mol. The normalized spacial score (nSPS) is 33.1. The fourth-order valence-electron chi connectivity index (χ4n) is 12.2. The summed E-state index contributed by atoms with van der Waals surface area (Å²) >= 11 is 0. The molecule has 0 radical (unpaired) electrons. The van der Waals surface area contributed by atoms with Crippen molar-refractivity contribution in [2.24, 2.45) is 39.4 Å². The first-order valence-electron chi connectivity index (χ1n) is 21.4. The van der Waals surface area contributed by atoms with E-state index in [4.69, 9.17) is 4.74 Å². The second kappa shape index (κ2) is 17.4. The minimum atomic E-state index is 0.0243. The van der Waals surface area contributed by atoms with Gasteiger partial charge in [-0.1, -0.05) is 148 Å². The van der Waals surface area contributed by atoms with E-state index in [-0.39, 0.29) is 22.9 Å². The molecule has 0 aromatic carbocycles. The molecule has 2 fully saturated rings. The Hall–Kier alpha value is -1.05. The van der Waals surface area contributed by atoms with Gasteiger partial charge in [0.2, 0.25) is 0 Å². The van der Waals surface area contributed by atoms with E-state index in [1.807, 2.05) is 11.1 Å². The molecule has 0 spiro atoms. The summed E-state index contributed by atoms with van der Waals surface area (Å²) in [7, 11) is 0. The molecule has 0 heterocycles. The summed E-state index contributed by atoms with van der Waals surface area (Å²) in [5, 5.41) is 0. The zero-order valence-corrected chi connectivity index (χ0v) is 33.7. The summed E-state index contributed by atoms with van der Waals surface area (Å²) in [5.41, 5.74) is 6.25. The van der Waals surface area contributed by atoms with Gasteiger partial charge in [0, 0.05) is 11.8 Å². The van der Waals surface area contributed by atoms with E-state index < -0.39 is 0 Å². The molecule has 48 heavy (non-hydrogen) atoms. The van der Waals surface area contributed by atoms with Crippen molar-refractivity contribution in [2.45, 2.75) is 223 Å². The lowest BCUT2D eigenvalue weighted by Crippen LogP contribution is -2.55. The molecule has 7 atom stereocenters. The van der Waals surface area contributed by atoms with Crippen LogP contribution in [0.15, 0.2) is 22.8 Å². The Bertz CT molecular complexity index is 1090. The number of fused-ring (bicyclic) bond motifs is 4. The Morgan fingerprint density at radius 1 is 0.771 bits per heavy atom. The van der Waals surface area contributed by atoms with E-state index in [1.165, 1.54) is 140 Å². The lowest BCUT2D eigenvalue weighted by molar-refractivity contribution is -0.170. The molecule has 4 aliphatic rings. The van der Waals surface area contributed by atoms with Gasteiger partial charge in [-0.3, -0.25) is 4.79 Å². The fourth-order valence-corrected chi connectivity index (χ4v) is 12.2. The Balaban J connectivity index is 1.26. The maximum atomic E-state index is 13.1. The maximum absolute atomic E-state index is 13.1. The third kappa shape index (κ3) is 8.69. The first kappa shape index (κ1) is 39.7. The fraction of sp³-hybridized carbons (Fsp3) is 0.891. The number of hydrogen-bond acceptors (Lipinski definition) is 2. The van der Waals surface area contributed by atoms with Crippen molar-refractivity contribution in [1.29, 1.82) is 0 Å². The molecule has 2 nitrogen and oxygen atoms in total. The number of carbonyl (C=O) groups excluding carboxylic acids is 1. The van der Waals surface area contributed by atoms with Crippen molar-refractivity contribution in [1.82, 2.24) is 0 Å². The number of ether oxygens (including phenoxy) is 1. The van der Waals surface area contributed by atoms with E-state index >= 15 is 0 Å². The predicted octanol–water partition coefficient (Wildman–Crippen LogP) is 14.5. The van der Waals surface area contributed by atoms with Crippen molar-refractivity contribution >= 4 is 5.97 Å². The van der Waals surface area contributed by atoms with E-state index in [0.29, 0.717) is 23.2 Å². The highest BCUT2D eigenvalue weighted by Gasteiger charge is 2.63. The van der Waals surface area contributed by atoms with Crippen molar-refractivity contribution in [3.63, 3.8) is 0 Å². The van der Waals surface area contributed by atoms with Crippen molar-refractivity contribution < 1.29 is 9.53 Å². The molecule has 0 saturated heterocycles. The molecule has 4 aliphatic carbocycles. The van der Waals surface area contributed by atoms with Gasteiger partial charge in [0.05, 0.1) is 0 Å². The molecule has 0 bridgehead atoms. The minimum absolute atomic E-state index is 0.0243. The maximum Gasteiger partial charge on any atom is 0.306 e. The van der Waals surface area contributed by atoms with E-state index in [2.05, 4.69) is 68.4 Å². The molecular formula is C46H80O2. The highest BCUT2D eigenvalue weighted by Crippen LogP contribution is 2.72. The molecule has 0 N–H and O–H groups in total. The van der Waals surface area contributed by atoms with E-state index in [0.717, 1.165) is 24.7 Å². The van der Waals surface area contributed by atoms with Gasteiger partial charge < -0.3 is 4.74 Å². The molecule has 0 amide bonds. The molecule has 0 aromatic heterocycles. The first-order chi connectivity index (χ1) is 22.8. The van der Waals surface area contributed by atoms with Gasteiger partial charge in [-0.2, -0.15) is 0 Å². The van der Waals surface area contributed by atoms with Gasteiger partial charge in [0.15, 0.2) is 0 Å². The lowest BCUT2D eigenvalue weighted by Gasteiger charge is -2.62. The predicted molar refractivity (Wildman–Crippen MR) is 207 cm³/mol. The number of unbranched alkanes of at least 4 members (excludes halogenated alkanes) is 12. The average Bonchev–Trinajstić information content (AvgIpc) is 3.31. The Kier molecular flexibility index (Phi) is 14.4. The van der Waals surface area contributed by atoms with Crippen LogP contribution in [0.5, 0.6) is 0 Å². The first-order valence-corrected chi connectivity index (χ1v) is 21.4. The van der Waals surface area contributed by atoms with Crippen molar-refractivity contribution in [3.05, 3.63) is 22.8 Å². The molecule has 2 heteroatoms. The summed E-state index contributed by atoms with van der Waals surface area (Å²) in [6, 6.07) is 0. The highest BCUT2D eigenvalue weighted by molar-refractivity contribution is 5.69. The zero-order valence-electron chi connectivity index (χ0n) is 33.7. The van der Waals surface area contributed by atoms with Crippen molar-refractivity contribution in [3.8, 4) is 0 Å². The summed E-state index contributed by atoms with van der Waals surface area (Å²) in [6.45, 7) is 22.2. The number of carbonyl (C=O) groups is 1. The van der Waals surface area contributed by atoms with Crippen LogP contribution in [-0.2, 0) is 9.53 Å². The molecule has 0 aromatic rings. The molecule has 4 rings (SSSR count). The smallest absolute Gasteiger partial charge is 0.306 e. The largest absolute Gasteiger partial charge is 0.462 e. The lowest BCUT2D eigenvalue weighted by atomic mass is 9.43. The summed E-state index contributed by atoms with van der Waals surface area (Å²) < 4.78 is 6.38. The Morgan fingerprint density at radius 2 is 1.38 bits per heavy atom. The molecule has 0 aliphatic heterocycles. The van der Waals surface area contributed by atoms with Crippen LogP contribution in [0.1, 0.15) is 216 Å². The van der Waals surface area contributed by atoms with Crippen LogP contribution < -0.4 is 0 Å². The van der Waals surface area contributed by atoms with Crippen LogP contribution >= 0.6 is 0 Å². The van der Waals surface area contributed by atoms with Gasteiger partial charge in [0.1, 0.15) is 6.10 Å². The van der Waals surface area contributed by atoms with Crippen LogP contribution in [0, 0.1) is 39.4 Å². The number of esters is 1. The van der Waals surface area contributed by atoms with Crippen LogP contribution in [0.3, 0.4) is 0 Å². The molecule has 276 valence electrons. The number of allylic oxidation sites excluding steroid dienone is 4. The van der Waals surface area contributed by atoms with E-state index in [1.54, 1.807) is 0 Å². The van der Waals surface area contributed by atoms with Crippen LogP contribution in [-0.4, -0.2) is 12.1 Å². The average molecular weight is 665 g/mol. The Labute approximate surface area is 299 Å². The van der Waals surface area contributed by atoms with Crippen LogP contribution in [0.25, 0.3) is 0 Å². The number of rotatable bonds is 19. The summed E-state index contributed by atoms with van der Waals surface area (Å²) in [6.07, 6.45) is 33.2. The number of hydrogen-bond donors (Lipinski definition) is 0. The van der Waals surface area contributed by atoms with Crippen LogP contribution in [0.4, 0.5) is 0 Å². The second-order valence-electron chi connectivity index (χ2n) is 19.0. The molecular weight excluding hydrogens is 585 g/mol. The molecule has 2 saturated carbocycles. The minimum Gasteiger partial charge on any atom is -0.462 e. The van der Waals surface area contributed by atoms with Gasteiger partial charge in [0.25, 0.3) is 0 Å². The quantitative estimate of drug-likeness (QED) is 0.0780. The second-order valence-corrected chi connectivity index (χ2v) is 19.0. The highest BCUT2D eigenvalue weighted by atomic mass is 16.5. The SMILES string of the molecule is CCCCCCCCCCCCCCCC(=O)O[C@H]1CC[C@]2(C)C3=C(CC[C@H]2C1(C)C)[C@]1(C)CC[C@H]([C@H](C)CCC=C(C)C)[C@@]1(C)CC3. The molecule has 0 unspecified atom stereocenters. The van der Waals surface area contributed by atoms with Gasteiger partial charge in [-0.25, -0.2) is 0 Å².